The maximum Gasteiger partial charge on any atom is 0.323 e. The number of aliphatic hydroxyl groups is 1. The first-order valence-electron chi connectivity index (χ1n) is 13.8. The Morgan fingerprint density at radius 2 is 2.00 bits per heavy atom. The minimum atomic E-state index is -0.633. The topological polar surface area (TPSA) is 151 Å². The van der Waals surface area contributed by atoms with E-state index in [0.29, 0.717) is 34.2 Å². The average Bonchev–Trinajstić information content (AvgIpc) is 2.95. The van der Waals surface area contributed by atoms with Crippen LogP contribution in [-0.2, 0) is 14.3 Å². The highest BCUT2D eigenvalue weighted by molar-refractivity contribution is 6.30. The summed E-state index contributed by atoms with van der Waals surface area (Å²) >= 11 is 6.19. The zero-order chi connectivity index (χ0) is 30.4. The number of carbonyl (C=O) groups excluding carboxylic acids is 2. The van der Waals surface area contributed by atoms with Gasteiger partial charge in [-0.1, -0.05) is 44.5 Å². The number of rotatable bonds is 16. The van der Waals surface area contributed by atoms with Crippen LogP contribution in [0.15, 0.2) is 48.8 Å². The number of benzene rings is 1. The third-order valence-corrected chi connectivity index (χ3v) is 6.80. The smallest absolute Gasteiger partial charge is 0.323 e. The van der Waals surface area contributed by atoms with Gasteiger partial charge in [0, 0.05) is 41.7 Å². The zero-order valence-electron chi connectivity index (χ0n) is 24.5. The summed E-state index contributed by atoms with van der Waals surface area (Å²) < 4.78 is 5.57. The lowest BCUT2D eigenvalue weighted by molar-refractivity contribution is -0.148. The molecule has 0 aliphatic rings. The number of hydrogen-bond donors (Lipinski definition) is 5. The van der Waals surface area contributed by atoms with Crippen LogP contribution < -0.4 is 21.7 Å². The SMILES string of the molecule is CCC(CCCO)Nc1ncc(C)c(C(/C=C/C(=O)N[C@H](COC(=O)C(NC)C(C)C)c2cccc(Cl)c2)=C/N)n1. The molecule has 10 nitrogen and oxygen atoms in total. The molecule has 0 saturated heterocycles. The molecule has 0 saturated carbocycles. The summed E-state index contributed by atoms with van der Waals surface area (Å²) in [6.07, 6.45) is 8.32. The van der Waals surface area contributed by atoms with E-state index in [-0.39, 0.29) is 25.2 Å². The number of aliphatic hydroxyl groups excluding tert-OH is 1. The molecule has 1 heterocycles. The largest absolute Gasteiger partial charge is 0.462 e. The normalized spacial score (nSPS) is 14.1. The van der Waals surface area contributed by atoms with Crippen molar-refractivity contribution in [2.24, 2.45) is 11.7 Å². The zero-order valence-corrected chi connectivity index (χ0v) is 25.2. The summed E-state index contributed by atoms with van der Waals surface area (Å²) in [4.78, 5) is 34.7. The maximum absolute atomic E-state index is 13.0. The number of nitrogens with two attached hydrogens (primary N) is 1. The Morgan fingerprint density at radius 3 is 2.61 bits per heavy atom. The second-order valence-electron chi connectivity index (χ2n) is 10.1. The molecule has 3 atom stereocenters. The molecule has 0 spiro atoms. The number of aromatic nitrogens is 2. The predicted molar refractivity (Wildman–Crippen MR) is 163 cm³/mol. The maximum atomic E-state index is 13.0. The van der Waals surface area contributed by atoms with E-state index in [1.807, 2.05) is 20.8 Å². The lowest BCUT2D eigenvalue weighted by atomic mass is 10.0. The van der Waals surface area contributed by atoms with Crippen LogP contribution in [0.5, 0.6) is 0 Å². The van der Waals surface area contributed by atoms with Gasteiger partial charge in [0.2, 0.25) is 11.9 Å². The van der Waals surface area contributed by atoms with E-state index in [1.54, 1.807) is 43.6 Å². The number of hydrogen-bond acceptors (Lipinski definition) is 9. The average molecular weight is 587 g/mol. The summed E-state index contributed by atoms with van der Waals surface area (Å²) in [6, 6.07) is 6.03. The van der Waals surface area contributed by atoms with Gasteiger partial charge < -0.3 is 31.5 Å². The van der Waals surface area contributed by atoms with Gasteiger partial charge in [0.15, 0.2) is 0 Å². The Hall–Kier alpha value is -3.47. The fourth-order valence-electron chi connectivity index (χ4n) is 4.22. The Bertz CT molecular complexity index is 1200. The van der Waals surface area contributed by atoms with E-state index in [0.717, 1.165) is 18.4 Å². The summed E-state index contributed by atoms with van der Waals surface area (Å²) in [5.74, 6) is -0.348. The lowest BCUT2D eigenvalue weighted by Gasteiger charge is -2.22. The molecule has 2 unspecified atom stereocenters. The molecule has 11 heteroatoms. The number of carbonyl (C=O) groups is 2. The fraction of sp³-hybridized carbons (Fsp3) is 0.467. The van der Waals surface area contributed by atoms with Crippen LogP contribution in [0, 0.1) is 12.8 Å². The number of likely N-dealkylation sites (N-methyl/N-ethyl adjacent to an activating group) is 1. The van der Waals surface area contributed by atoms with Gasteiger partial charge in [-0.3, -0.25) is 9.59 Å². The molecule has 41 heavy (non-hydrogen) atoms. The van der Waals surface area contributed by atoms with Crippen LogP contribution in [-0.4, -0.2) is 59.3 Å². The summed E-state index contributed by atoms with van der Waals surface area (Å²) in [6.45, 7) is 7.81. The van der Waals surface area contributed by atoms with Crippen molar-refractivity contribution in [3.8, 4) is 0 Å². The number of nitrogens with zero attached hydrogens (tertiary/aromatic N) is 2. The van der Waals surface area contributed by atoms with Gasteiger partial charge in [-0.05, 0) is 68.5 Å². The van der Waals surface area contributed by atoms with Crippen molar-refractivity contribution in [1.29, 1.82) is 0 Å². The van der Waals surface area contributed by atoms with Crippen molar-refractivity contribution in [3.63, 3.8) is 0 Å². The van der Waals surface area contributed by atoms with Crippen LogP contribution in [0.25, 0.3) is 5.57 Å². The molecule has 224 valence electrons. The number of aryl methyl sites for hydroxylation is 1. The second-order valence-corrected chi connectivity index (χ2v) is 10.5. The molecule has 1 amide bonds. The molecule has 0 radical (unpaired) electrons. The number of allylic oxidation sites excluding steroid dienone is 2. The fourth-order valence-corrected chi connectivity index (χ4v) is 4.42. The standard InChI is InChI=1S/C30H43ClN6O4/c1-6-24(11-8-14-38)35-30-34-17-20(4)28(37-30)22(16-32)12-13-26(39)36-25(21-9-7-10-23(31)15-21)18-41-29(40)27(33-5)19(2)3/h7,9-10,12-13,15-17,19,24-25,27,33,38H,6,8,11,14,18,32H2,1-5H3,(H,36,39)(H,34,35,37)/b13-12+,22-16+/t24?,25-,27?/m1/s1. The van der Waals surface area contributed by atoms with Gasteiger partial charge in [0.1, 0.15) is 12.6 Å². The first-order chi connectivity index (χ1) is 19.6. The molecule has 2 aromatic rings. The number of halogens is 1. The van der Waals surface area contributed by atoms with E-state index >= 15 is 0 Å². The Labute approximate surface area is 247 Å². The van der Waals surface area contributed by atoms with Crippen molar-refractivity contribution in [2.75, 3.05) is 25.6 Å². The molecule has 0 fully saturated rings. The summed E-state index contributed by atoms with van der Waals surface area (Å²) in [7, 11) is 1.70. The van der Waals surface area contributed by atoms with Crippen LogP contribution in [0.2, 0.25) is 5.02 Å². The Kier molecular flexibility index (Phi) is 14.3. The van der Waals surface area contributed by atoms with E-state index in [1.165, 1.54) is 12.3 Å². The molecule has 0 aliphatic heterocycles. The Morgan fingerprint density at radius 1 is 1.24 bits per heavy atom. The summed E-state index contributed by atoms with van der Waals surface area (Å²) in [5.41, 5.74) is 8.52. The second kappa shape index (κ2) is 17.4. The number of ether oxygens (including phenoxy) is 1. The van der Waals surface area contributed by atoms with Gasteiger partial charge in [-0.2, -0.15) is 0 Å². The molecule has 1 aromatic carbocycles. The number of esters is 1. The van der Waals surface area contributed by atoms with Crippen LogP contribution in [0.4, 0.5) is 5.95 Å². The molecule has 1 aromatic heterocycles. The molecule has 0 bridgehead atoms. The predicted octanol–water partition coefficient (Wildman–Crippen LogP) is 3.90. The number of nitrogens with one attached hydrogen (secondary N) is 3. The summed E-state index contributed by atoms with van der Waals surface area (Å²) in [5, 5.41) is 18.8. The van der Waals surface area contributed by atoms with Crippen molar-refractivity contribution >= 4 is 35.0 Å². The first-order valence-corrected chi connectivity index (χ1v) is 14.2. The highest BCUT2D eigenvalue weighted by Gasteiger charge is 2.24. The Balaban J connectivity index is 2.20. The van der Waals surface area contributed by atoms with Gasteiger partial charge in [-0.15, -0.1) is 0 Å². The van der Waals surface area contributed by atoms with E-state index in [9.17, 15) is 9.59 Å². The van der Waals surface area contributed by atoms with E-state index < -0.39 is 24.0 Å². The van der Waals surface area contributed by atoms with Gasteiger partial charge in [0.05, 0.1) is 11.7 Å². The third kappa shape index (κ3) is 10.8. The van der Waals surface area contributed by atoms with Crippen molar-refractivity contribution in [3.05, 3.63) is 70.7 Å². The van der Waals surface area contributed by atoms with Crippen LogP contribution in [0.3, 0.4) is 0 Å². The van der Waals surface area contributed by atoms with Crippen LogP contribution in [0.1, 0.15) is 62.9 Å². The van der Waals surface area contributed by atoms with E-state index in [4.69, 9.17) is 27.2 Å². The first kappa shape index (κ1) is 33.7. The lowest BCUT2D eigenvalue weighted by Crippen LogP contribution is -2.41. The molecule has 2 rings (SSSR count). The molecule has 6 N–H and O–H groups in total. The highest BCUT2D eigenvalue weighted by atomic mass is 35.5. The molecular formula is C30H43ClN6O4. The van der Waals surface area contributed by atoms with Crippen LogP contribution >= 0.6 is 11.6 Å². The van der Waals surface area contributed by atoms with Gasteiger partial charge in [0.25, 0.3) is 0 Å². The quantitative estimate of drug-likeness (QED) is 0.112. The molecular weight excluding hydrogens is 544 g/mol. The minimum absolute atomic E-state index is 0.0329. The van der Waals surface area contributed by atoms with Crippen molar-refractivity contribution in [2.45, 2.75) is 65.1 Å². The van der Waals surface area contributed by atoms with Gasteiger partial charge >= 0.3 is 5.97 Å². The number of amides is 1. The monoisotopic (exact) mass is 586 g/mol. The van der Waals surface area contributed by atoms with Crippen molar-refractivity contribution in [1.82, 2.24) is 20.6 Å². The number of anilines is 1. The van der Waals surface area contributed by atoms with E-state index in [2.05, 4.69) is 32.8 Å². The van der Waals surface area contributed by atoms with Gasteiger partial charge in [-0.25, -0.2) is 9.97 Å². The third-order valence-electron chi connectivity index (χ3n) is 6.57. The molecule has 0 aliphatic carbocycles. The highest BCUT2D eigenvalue weighted by Crippen LogP contribution is 2.21. The van der Waals surface area contributed by atoms with Crippen molar-refractivity contribution < 1.29 is 19.4 Å². The minimum Gasteiger partial charge on any atom is -0.462 e.